The summed E-state index contributed by atoms with van der Waals surface area (Å²) in [7, 11) is 0. The van der Waals surface area contributed by atoms with Crippen LogP contribution in [0, 0.1) is 0 Å². The summed E-state index contributed by atoms with van der Waals surface area (Å²) in [6, 6.07) is 13.1. The summed E-state index contributed by atoms with van der Waals surface area (Å²) in [6.45, 7) is 4.16. The second-order valence-electron chi connectivity index (χ2n) is 4.39. The van der Waals surface area contributed by atoms with Gasteiger partial charge in [-0.15, -0.1) is 0 Å². The highest BCUT2D eigenvalue weighted by molar-refractivity contribution is 5.95. The van der Waals surface area contributed by atoms with Crippen molar-refractivity contribution in [2.75, 3.05) is 11.9 Å². The second-order valence-corrected chi connectivity index (χ2v) is 4.39. The van der Waals surface area contributed by atoms with E-state index in [4.69, 9.17) is 4.74 Å². The summed E-state index contributed by atoms with van der Waals surface area (Å²) in [6.07, 6.45) is 1.75. The number of pyridine rings is 1. The second kappa shape index (κ2) is 6.70. The zero-order chi connectivity index (χ0) is 14.4. The van der Waals surface area contributed by atoms with Crippen LogP contribution < -0.4 is 5.32 Å². The number of rotatable bonds is 5. The van der Waals surface area contributed by atoms with Crippen molar-refractivity contribution < 1.29 is 9.53 Å². The number of nitrogens with one attached hydrogen (secondary N) is 1. The molecule has 2 aromatic rings. The Morgan fingerprint density at radius 1 is 1.25 bits per heavy atom. The van der Waals surface area contributed by atoms with Gasteiger partial charge in [-0.25, -0.2) is 4.79 Å². The Morgan fingerprint density at radius 2 is 2.00 bits per heavy atom. The third kappa shape index (κ3) is 3.35. The molecule has 104 valence electrons. The van der Waals surface area contributed by atoms with E-state index < -0.39 is 0 Å². The number of aromatic nitrogens is 1. The number of hydrogen-bond donors (Lipinski definition) is 1. The van der Waals surface area contributed by atoms with Gasteiger partial charge in [0.25, 0.3) is 0 Å². The highest BCUT2D eigenvalue weighted by atomic mass is 16.5. The first-order valence-electron chi connectivity index (χ1n) is 6.66. The summed E-state index contributed by atoms with van der Waals surface area (Å²) >= 11 is 0. The third-order valence-electron chi connectivity index (χ3n) is 2.93. The van der Waals surface area contributed by atoms with Crippen LogP contribution in [0.25, 0.3) is 0 Å². The van der Waals surface area contributed by atoms with Crippen LogP contribution in [0.15, 0.2) is 48.7 Å². The van der Waals surface area contributed by atoms with Gasteiger partial charge in [-0.05, 0) is 38.1 Å². The average molecular weight is 270 g/mol. The van der Waals surface area contributed by atoms with Gasteiger partial charge >= 0.3 is 5.97 Å². The van der Waals surface area contributed by atoms with Crippen LogP contribution in [0.5, 0.6) is 0 Å². The lowest BCUT2D eigenvalue weighted by Gasteiger charge is -2.17. The minimum Gasteiger partial charge on any atom is -0.462 e. The quantitative estimate of drug-likeness (QED) is 0.846. The van der Waals surface area contributed by atoms with Crippen LogP contribution in [0.3, 0.4) is 0 Å². The number of benzene rings is 1. The molecule has 0 saturated carbocycles. The fourth-order valence-corrected chi connectivity index (χ4v) is 1.94. The molecule has 1 N–H and O–H groups in total. The molecule has 4 nitrogen and oxygen atoms in total. The molecule has 1 heterocycles. The van der Waals surface area contributed by atoms with Gasteiger partial charge < -0.3 is 10.1 Å². The lowest BCUT2D eigenvalue weighted by atomic mass is 10.1. The van der Waals surface area contributed by atoms with E-state index in [-0.39, 0.29) is 12.0 Å². The molecule has 1 aromatic heterocycles. The van der Waals surface area contributed by atoms with Crippen LogP contribution in [0.2, 0.25) is 0 Å². The predicted octanol–water partition coefficient (Wildman–Crippen LogP) is 3.43. The maximum Gasteiger partial charge on any atom is 0.340 e. The molecule has 0 spiro atoms. The van der Waals surface area contributed by atoms with Crippen LogP contribution >= 0.6 is 0 Å². The van der Waals surface area contributed by atoms with Crippen molar-refractivity contribution in [3.63, 3.8) is 0 Å². The van der Waals surface area contributed by atoms with E-state index in [1.54, 1.807) is 19.2 Å². The molecule has 2 rings (SSSR count). The number of anilines is 1. The molecule has 0 saturated heterocycles. The molecule has 0 amide bonds. The fourth-order valence-electron chi connectivity index (χ4n) is 1.94. The van der Waals surface area contributed by atoms with E-state index >= 15 is 0 Å². The molecule has 20 heavy (non-hydrogen) atoms. The normalized spacial score (nSPS) is 11.7. The number of nitrogens with zero attached hydrogens (tertiary/aromatic N) is 1. The SMILES string of the molecule is CCOC(=O)c1ccccc1NC(C)c1ccccn1. The first-order valence-corrected chi connectivity index (χ1v) is 6.66. The smallest absolute Gasteiger partial charge is 0.340 e. The minimum absolute atomic E-state index is 0.00627. The molecular weight excluding hydrogens is 252 g/mol. The van der Waals surface area contributed by atoms with Crippen molar-refractivity contribution in [3.05, 3.63) is 59.9 Å². The highest BCUT2D eigenvalue weighted by Crippen LogP contribution is 2.22. The van der Waals surface area contributed by atoms with E-state index in [2.05, 4.69) is 10.3 Å². The summed E-state index contributed by atoms with van der Waals surface area (Å²) in [5.41, 5.74) is 2.22. The first-order chi connectivity index (χ1) is 9.72. The molecule has 0 aliphatic heterocycles. The van der Waals surface area contributed by atoms with E-state index in [1.807, 2.05) is 43.3 Å². The Balaban J connectivity index is 2.19. The Bertz CT molecular complexity index is 570. The molecule has 1 unspecified atom stereocenters. The zero-order valence-corrected chi connectivity index (χ0v) is 11.7. The molecule has 0 radical (unpaired) electrons. The molecule has 0 aliphatic rings. The Kier molecular flexibility index (Phi) is 4.71. The van der Waals surface area contributed by atoms with Crippen molar-refractivity contribution >= 4 is 11.7 Å². The summed E-state index contributed by atoms with van der Waals surface area (Å²) in [4.78, 5) is 16.2. The number of esters is 1. The predicted molar refractivity (Wildman–Crippen MR) is 78.7 cm³/mol. The standard InChI is InChI=1S/C16H18N2O2/c1-3-20-16(19)13-8-4-5-10-15(13)18-12(2)14-9-6-7-11-17-14/h4-12,18H,3H2,1-2H3. The van der Waals surface area contributed by atoms with Crippen molar-refractivity contribution in [1.82, 2.24) is 4.98 Å². The topological polar surface area (TPSA) is 51.2 Å². The fraction of sp³-hybridized carbons (Fsp3) is 0.250. The maximum absolute atomic E-state index is 11.9. The van der Waals surface area contributed by atoms with Gasteiger partial charge in [0.1, 0.15) is 0 Å². The molecule has 1 aromatic carbocycles. The van der Waals surface area contributed by atoms with Crippen molar-refractivity contribution in [3.8, 4) is 0 Å². The Morgan fingerprint density at radius 3 is 2.70 bits per heavy atom. The lowest BCUT2D eigenvalue weighted by Crippen LogP contribution is -2.13. The minimum atomic E-state index is -0.316. The molecule has 0 bridgehead atoms. The van der Waals surface area contributed by atoms with E-state index in [9.17, 15) is 4.79 Å². The van der Waals surface area contributed by atoms with Gasteiger partial charge in [-0.3, -0.25) is 4.98 Å². The zero-order valence-electron chi connectivity index (χ0n) is 11.7. The van der Waals surface area contributed by atoms with Crippen LogP contribution in [0.4, 0.5) is 5.69 Å². The van der Waals surface area contributed by atoms with Gasteiger partial charge in [0.15, 0.2) is 0 Å². The molecular formula is C16H18N2O2. The van der Waals surface area contributed by atoms with E-state index in [0.29, 0.717) is 12.2 Å². The first kappa shape index (κ1) is 14.1. The number of carbonyl (C=O) groups excluding carboxylic acids is 1. The Hall–Kier alpha value is -2.36. The largest absolute Gasteiger partial charge is 0.462 e. The van der Waals surface area contributed by atoms with Gasteiger partial charge in [0, 0.05) is 11.9 Å². The Labute approximate surface area is 118 Å². The monoisotopic (exact) mass is 270 g/mol. The van der Waals surface area contributed by atoms with Crippen molar-refractivity contribution in [2.24, 2.45) is 0 Å². The number of ether oxygens (including phenoxy) is 1. The van der Waals surface area contributed by atoms with E-state index in [1.165, 1.54) is 0 Å². The molecule has 1 atom stereocenters. The van der Waals surface area contributed by atoms with Crippen LogP contribution in [-0.4, -0.2) is 17.6 Å². The third-order valence-corrected chi connectivity index (χ3v) is 2.93. The number of carbonyl (C=O) groups is 1. The van der Waals surface area contributed by atoms with Crippen LogP contribution in [-0.2, 0) is 4.74 Å². The van der Waals surface area contributed by atoms with Gasteiger partial charge in [-0.1, -0.05) is 18.2 Å². The maximum atomic E-state index is 11.9. The van der Waals surface area contributed by atoms with Crippen LogP contribution in [0.1, 0.15) is 35.9 Å². The summed E-state index contributed by atoms with van der Waals surface area (Å²) in [5.74, 6) is -0.316. The summed E-state index contributed by atoms with van der Waals surface area (Å²) in [5, 5.41) is 3.30. The van der Waals surface area contributed by atoms with Gasteiger partial charge in [0.2, 0.25) is 0 Å². The molecule has 0 aliphatic carbocycles. The van der Waals surface area contributed by atoms with Gasteiger partial charge in [0.05, 0.1) is 23.9 Å². The molecule has 0 fully saturated rings. The van der Waals surface area contributed by atoms with Crippen molar-refractivity contribution in [1.29, 1.82) is 0 Å². The average Bonchev–Trinajstić information content (AvgIpc) is 2.49. The van der Waals surface area contributed by atoms with Crippen molar-refractivity contribution in [2.45, 2.75) is 19.9 Å². The van der Waals surface area contributed by atoms with E-state index in [0.717, 1.165) is 11.4 Å². The summed E-state index contributed by atoms with van der Waals surface area (Å²) < 4.78 is 5.06. The number of para-hydroxylation sites is 1. The van der Waals surface area contributed by atoms with Gasteiger partial charge in [-0.2, -0.15) is 0 Å². The molecule has 4 heteroatoms. The lowest BCUT2D eigenvalue weighted by molar-refractivity contribution is 0.0527. The number of hydrogen-bond acceptors (Lipinski definition) is 4. The highest BCUT2D eigenvalue weighted by Gasteiger charge is 2.14.